The van der Waals surface area contributed by atoms with Gasteiger partial charge in [0.25, 0.3) is 11.8 Å². The molecule has 2 amide bonds. The molecule has 336 valence electrons. The van der Waals surface area contributed by atoms with E-state index in [-0.39, 0.29) is 11.8 Å². The Morgan fingerprint density at radius 2 is 1.13 bits per heavy atom. The number of nitrogens with zero attached hydrogens (tertiary/aromatic N) is 4. The maximum absolute atomic E-state index is 13.5. The minimum atomic E-state index is -0.248. The number of aromatic nitrogens is 4. The first-order valence-corrected chi connectivity index (χ1v) is 22.0. The first-order chi connectivity index (χ1) is 33.8. The molecule has 10 rings (SSSR count). The summed E-state index contributed by atoms with van der Waals surface area (Å²) in [5, 5.41) is 18.4. The van der Waals surface area contributed by atoms with Gasteiger partial charge in [-0.15, -0.1) is 0 Å². The third kappa shape index (κ3) is 9.98. The van der Waals surface area contributed by atoms with Crippen molar-refractivity contribution in [3.63, 3.8) is 0 Å². The topological polar surface area (TPSA) is 164 Å². The van der Waals surface area contributed by atoms with Crippen LogP contribution in [-0.4, -0.2) is 38.9 Å². The standard InChI is InChI=1S/C56H43N9O4/c1-35-33-60-51-19-11-37(30-48(51)54(35)63-41-6-3-5-38(29-41)56(67)64-40-14-16-44(17-15-40)69-45-21-25-57-26-22-45)49-34-58-27-23-53(49)61-39-12-9-36(10-13-39)55(66)65-43-8-4-7-42(31-43)62-52-24-28-59-50-20-18-46(68-2)32-47(50)52/h3-34H,1-2H3,(H,58,61)(H,59,62)(H,60,63)(H,64,67)(H,65,66). The molecule has 0 aliphatic rings. The number of carbonyl (C=O) groups excluding carboxylic acids is 2. The zero-order valence-corrected chi connectivity index (χ0v) is 37.4. The molecule has 0 saturated heterocycles. The minimum absolute atomic E-state index is 0.239. The van der Waals surface area contributed by atoms with Crippen LogP contribution >= 0.6 is 0 Å². The Labute approximate surface area is 397 Å². The largest absolute Gasteiger partial charge is 0.497 e. The fraction of sp³-hybridized carbons (Fsp3) is 0.0357. The van der Waals surface area contributed by atoms with E-state index in [1.54, 1.807) is 86.5 Å². The summed E-state index contributed by atoms with van der Waals surface area (Å²) in [7, 11) is 1.64. The lowest BCUT2D eigenvalue weighted by molar-refractivity contribution is 0.101. The first-order valence-electron chi connectivity index (χ1n) is 22.0. The van der Waals surface area contributed by atoms with Gasteiger partial charge in [-0.1, -0.05) is 18.2 Å². The van der Waals surface area contributed by atoms with E-state index in [1.807, 2.05) is 116 Å². The fourth-order valence-electron chi connectivity index (χ4n) is 7.85. The van der Waals surface area contributed by atoms with E-state index in [2.05, 4.69) is 47.6 Å². The average Bonchev–Trinajstić information content (AvgIpc) is 3.38. The van der Waals surface area contributed by atoms with Gasteiger partial charge in [-0.25, -0.2) is 0 Å². The van der Waals surface area contributed by atoms with E-state index in [9.17, 15) is 9.59 Å². The zero-order valence-electron chi connectivity index (χ0n) is 37.4. The average molecular weight is 906 g/mol. The second kappa shape index (κ2) is 19.5. The number of nitrogens with one attached hydrogen (secondary N) is 5. The smallest absolute Gasteiger partial charge is 0.255 e. The highest BCUT2D eigenvalue weighted by molar-refractivity contribution is 6.06. The van der Waals surface area contributed by atoms with Crippen molar-refractivity contribution in [3.05, 3.63) is 212 Å². The fourth-order valence-corrected chi connectivity index (χ4v) is 7.85. The van der Waals surface area contributed by atoms with Crippen molar-refractivity contribution in [1.29, 1.82) is 0 Å². The van der Waals surface area contributed by atoms with Crippen LogP contribution in [0.25, 0.3) is 32.9 Å². The molecule has 0 unspecified atom stereocenters. The highest BCUT2D eigenvalue weighted by Crippen LogP contribution is 2.36. The molecule has 0 saturated carbocycles. The molecule has 0 atom stereocenters. The number of fused-ring (bicyclic) bond motifs is 2. The van der Waals surface area contributed by atoms with Crippen LogP contribution in [-0.2, 0) is 0 Å². The molecule has 0 spiro atoms. The van der Waals surface area contributed by atoms with Crippen molar-refractivity contribution in [3.8, 4) is 28.4 Å². The Balaban J connectivity index is 0.815. The zero-order chi connectivity index (χ0) is 47.1. The predicted octanol–water partition coefficient (Wildman–Crippen LogP) is 13.1. The van der Waals surface area contributed by atoms with Gasteiger partial charge in [0.15, 0.2) is 0 Å². The lowest BCUT2D eigenvalue weighted by Gasteiger charge is -2.16. The maximum atomic E-state index is 13.5. The minimum Gasteiger partial charge on any atom is -0.497 e. The van der Waals surface area contributed by atoms with Crippen LogP contribution < -0.4 is 36.1 Å². The molecular formula is C56H43N9O4. The lowest BCUT2D eigenvalue weighted by atomic mass is 10.0. The first kappa shape index (κ1) is 43.3. The van der Waals surface area contributed by atoms with Gasteiger partial charge in [0.2, 0.25) is 0 Å². The van der Waals surface area contributed by atoms with Gasteiger partial charge in [-0.05, 0) is 158 Å². The summed E-state index contributed by atoms with van der Waals surface area (Å²) in [6, 6.07) is 48.7. The Morgan fingerprint density at radius 3 is 1.96 bits per heavy atom. The van der Waals surface area contributed by atoms with Gasteiger partial charge in [-0.2, -0.15) is 0 Å². The molecule has 13 nitrogen and oxygen atoms in total. The summed E-state index contributed by atoms with van der Waals surface area (Å²) >= 11 is 0. The Kier molecular flexibility index (Phi) is 12.2. The van der Waals surface area contributed by atoms with Crippen LogP contribution in [0.15, 0.2) is 195 Å². The second-order valence-corrected chi connectivity index (χ2v) is 16.0. The molecule has 0 aliphatic carbocycles. The van der Waals surface area contributed by atoms with Crippen LogP contribution in [0.4, 0.5) is 45.5 Å². The Morgan fingerprint density at radius 1 is 0.478 bits per heavy atom. The third-order valence-electron chi connectivity index (χ3n) is 11.4. The Hall–Kier alpha value is -9.62. The molecule has 0 fully saturated rings. The van der Waals surface area contributed by atoms with Crippen molar-refractivity contribution in [2.45, 2.75) is 6.92 Å². The van der Waals surface area contributed by atoms with Crippen molar-refractivity contribution >= 4 is 79.1 Å². The highest BCUT2D eigenvalue weighted by atomic mass is 16.5. The molecule has 4 heterocycles. The van der Waals surface area contributed by atoms with Crippen molar-refractivity contribution in [2.24, 2.45) is 0 Å². The Bertz CT molecular complexity index is 3500. The van der Waals surface area contributed by atoms with Gasteiger partial charge in [0.05, 0.1) is 23.8 Å². The summed E-state index contributed by atoms with van der Waals surface area (Å²) in [6.45, 7) is 2.00. The van der Waals surface area contributed by atoms with Gasteiger partial charge >= 0.3 is 0 Å². The molecule has 0 radical (unpaired) electrons. The number of rotatable bonds is 14. The molecule has 6 aromatic carbocycles. The molecule has 0 aliphatic heterocycles. The molecule has 0 bridgehead atoms. The number of carbonyl (C=O) groups is 2. The number of hydrogen-bond donors (Lipinski definition) is 5. The summed E-state index contributed by atoms with van der Waals surface area (Å²) in [6.07, 6.45) is 10.5. The molecular weight excluding hydrogens is 863 g/mol. The number of amides is 2. The van der Waals surface area contributed by atoms with E-state index < -0.39 is 0 Å². The van der Waals surface area contributed by atoms with E-state index in [0.717, 1.165) is 78.4 Å². The highest BCUT2D eigenvalue weighted by Gasteiger charge is 2.15. The SMILES string of the molecule is COc1ccc2nccc(Nc3cccc(NC(=O)c4ccc(Nc5ccncc5-c5ccc6ncc(C)c(Nc7cccc(C(=O)Nc8ccc(Oc9ccncc9)cc8)c7)c6c5)cc4)c3)c2c1. The van der Waals surface area contributed by atoms with Gasteiger partial charge in [-0.3, -0.25) is 29.5 Å². The summed E-state index contributed by atoms with van der Waals surface area (Å²) in [4.78, 5) is 44.6. The lowest BCUT2D eigenvalue weighted by Crippen LogP contribution is -2.12. The van der Waals surface area contributed by atoms with E-state index in [0.29, 0.717) is 34.0 Å². The number of hydrogen-bond acceptors (Lipinski definition) is 11. The number of ether oxygens (including phenoxy) is 2. The molecule has 69 heavy (non-hydrogen) atoms. The van der Waals surface area contributed by atoms with Gasteiger partial charge in [0.1, 0.15) is 17.2 Å². The normalized spacial score (nSPS) is 10.9. The van der Waals surface area contributed by atoms with Crippen LogP contribution in [0, 0.1) is 6.92 Å². The van der Waals surface area contributed by atoms with Gasteiger partial charge < -0.3 is 36.1 Å². The third-order valence-corrected chi connectivity index (χ3v) is 11.4. The monoisotopic (exact) mass is 905 g/mol. The van der Waals surface area contributed by atoms with E-state index in [4.69, 9.17) is 14.5 Å². The van der Waals surface area contributed by atoms with Crippen molar-refractivity contribution in [1.82, 2.24) is 19.9 Å². The maximum Gasteiger partial charge on any atom is 0.255 e. The van der Waals surface area contributed by atoms with Crippen LogP contribution in [0.1, 0.15) is 26.3 Å². The summed E-state index contributed by atoms with van der Waals surface area (Å²) in [5.74, 6) is 1.57. The number of methoxy groups -OCH3 is 1. The quantitative estimate of drug-likeness (QED) is 0.0705. The van der Waals surface area contributed by atoms with E-state index in [1.165, 1.54) is 0 Å². The molecule has 10 aromatic rings. The number of aryl methyl sites for hydroxylation is 1. The summed E-state index contributed by atoms with van der Waals surface area (Å²) in [5.41, 5.74) is 11.5. The predicted molar refractivity (Wildman–Crippen MR) is 274 cm³/mol. The van der Waals surface area contributed by atoms with Crippen molar-refractivity contribution in [2.75, 3.05) is 33.7 Å². The number of anilines is 8. The van der Waals surface area contributed by atoms with E-state index >= 15 is 0 Å². The summed E-state index contributed by atoms with van der Waals surface area (Å²) < 4.78 is 11.3. The molecule has 4 aromatic heterocycles. The molecule has 5 N–H and O–H groups in total. The second-order valence-electron chi connectivity index (χ2n) is 16.0. The number of benzene rings is 6. The van der Waals surface area contributed by atoms with Crippen molar-refractivity contribution < 1.29 is 19.1 Å². The van der Waals surface area contributed by atoms with Crippen LogP contribution in [0.3, 0.4) is 0 Å². The molecule has 13 heteroatoms. The number of pyridine rings is 4. The van der Waals surface area contributed by atoms with Crippen LogP contribution in [0.5, 0.6) is 17.2 Å². The van der Waals surface area contributed by atoms with Gasteiger partial charge in [0, 0.05) is 104 Å². The van der Waals surface area contributed by atoms with Crippen LogP contribution in [0.2, 0.25) is 0 Å².